The van der Waals surface area contributed by atoms with Gasteiger partial charge >= 0.3 is 24.3 Å². The van der Waals surface area contributed by atoms with Gasteiger partial charge in [0, 0.05) is 12.1 Å². The van der Waals surface area contributed by atoms with Crippen molar-refractivity contribution in [2.45, 2.75) is 76.9 Å². The number of benzene rings is 2. The third kappa shape index (κ3) is 14.3. The Hall–Kier alpha value is -2.75. The number of methoxy groups -OCH3 is 2. The van der Waals surface area contributed by atoms with Crippen LogP contribution in [0, 0.1) is 11.8 Å². The lowest BCUT2D eigenvalue weighted by Gasteiger charge is -2.32. The van der Waals surface area contributed by atoms with Gasteiger partial charge in [-0.25, -0.2) is 0 Å². The standard InChI is InChI=1S/C15H18F3NO2.C8H5F3O.C7H13NO2.CH4.2H2S/c1-21-14(20)13(11-3-2-4-11)19-9-10-5-7-12(8-6-10)15(16,17)18;9-8(10,11)7-3-1-6(5-12)2-4-7;1-10-7(9)6(8)5-3-2-4-5;;;/h5-8,11,13,19H,2-4,9H2,1H3;1-5H;5-6H,2-4,8H2,1H3;1H4;2*1H2/t13-;;6-;;;/m0.0.../s1. The van der Waals surface area contributed by atoms with Crippen LogP contribution >= 0.6 is 27.0 Å². The molecule has 15 heteroatoms. The molecule has 0 heterocycles. The molecule has 7 nitrogen and oxygen atoms in total. The zero-order chi connectivity index (χ0) is 32.2. The number of alkyl halides is 6. The first-order valence-corrected chi connectivity index (χ1v) is 13.6. The van der Waals surface area contributed by atoms with E-state index in [1.165, 1.54) is 32.8 Å². The lowest BCUT2D eigenvalue weighted by Crippen LogP contribution is -2.45. The molecule has 0 saturated heterocycles. The van der Waals surface area contributed by atoms with Gasteiger partial charge in [-0.05, 0) is 67.3 Å². The van der Waals surface area contributed by atoms with E-state index >= 15 is 0 Å². The minimum Gasteiger partial charge on any atom is -0.468 e. The van der Waals surface area contributed by atoms with Gasteiger partial charge in [-0.3, -0.25) is 14.4 Å². The van der Waals surface area contributed by atoms with Crippen LogP contribution < -0.4 is 11.1 Å². The van der Waals surface area contributed by atoms with E-state index in [1.54, 1.807) is 0 Å². The molecule has 0 aromatic heterocycles. The largest absolute Gasteiger partial charge is 0.468 e. The van der Waals surface area contributed by atoms with Gasteiger partial charge in [0.1, 0.15) is 18.4 Å². The molecule has 2 aromatic carbocycles. The number of carbonyl (C=O) groups excluding carboxylic acids is 3. The van der Waals surface area contributed by atoms with Gasteiger partial charge in [0.2, 0.25) is 0 Å². The Morgan fingerprint density at radius 1 is 0.804 bits per heavy atom. The van der Waals surface area contributed by atoms with Crippen molar-refractivity contribution in [2.24, 2.45) is 17.6 Å². The van der Waals surface area contributed by atoms with E-state index in [2.05, 4.69) is 10.1 Å². The van der Waals surface area contributed by atoms with Crippen LogP contribution in [0.4, 0.5) is 26.3 Å². The third-order valence-electron chi connectivity index (χ3n) is 7.39. The number of carbonyl (C=O) groups is 3. The molecule has 0 bridgehead atoms. The molecule has 0 aliphatic heterocycles. The molecule has 2 atom stereocenters. The number of rotatable bonds is 8. The molecule has 0 unspecified atom stereocenters. The number of ether oxygens (including phenoxy) is 2. The second-order valence-electron chi connectivity index (χ2n) is 10.2. The van der Waals surface area contributed by atoms with Crippen LogP contribution in [-0.2, 0) is 38.0 Å². The van der Waals surface area contributed by atoms with Gasteiger partial charge in [-0.2, -0.15) is 53.3 Å². The lowest BCUT2D eigenvalue weighted by atomic mass is 9.79. The van der Waals surface area contributed by atoms with Gasteiger partial charge in [0.25, 0.3) is 0 Å². The maximum Gasteiger partial charge on any atom is 0.416 e. The number of hydrogen-bond acceptors (Lipinski definition) is 7. The highest BCUT2D eigenvalue weighted by Gasteiger charge is 2.34. The van der Waals surface area contributed by atoms with Crippen LogP contribution in [0.15, 0.2) is 48.5 Å². The van der Waals surface area contributed by atoms with Crippen molar-refractivity contribution in [1.82, 2.24) is 5.32 Å². The molecule has 2 saturated carbocycles. The fourth-order valence-corrected chi connectivity index (χ4v) is 4.26. The minimum atomic E-state index is -4.33. The predicted molar refractivity (Wildman–Crippen MR) is 173 cm³/mol. The summed E-state index contributed by atoms with van der Waals surface area (Å²) in [6, 6.07) is 8.21. The number of nitrogens with two attached hydrogens (primary N) is 1. The molecule has 4 rings (SSSR count). The Morgan fingerprint density at radius 2 is 1.22 bits per heavy atom. The smallest absolute Gasteiger partial charge is 0.416 e. The summed E-state index contributed by atoms with van der Waals surface area (Å²) < 4.78 is 82.5. The molecular formula is C31H44F6N2O5S2. The molecule has 0 amide bonds. The van der Waals surface area contributed by atoms with Crippen LogP contribution in [0.25, 0.3) is 0 Å². The zero-order valence-electron chi connectivity index (χ0n) is 24.8. The van der Waals surface area contributed by atoms with E-state index in [9.17, 15) is 40.7 Å². The van der Waals surface area contributed by atoms with Crippen LogP contribution in [0.5, 0.6) is 0 Å². The lowest BCUT2D eigenvalue weighted by molar-refractivity contribution is -0.146. The van der Waals surface area contributed by atoms with Crippen molar-refractivity contribution in [3.8, 4) is 0 Å². The van der Waals surface area contributed by atoms with Crippen LogP contribution in [-0.4, -0.2) is 44.5 Å². The van der Waals surface area contributed by atoms with E-state index in [0.29, 0.717) is 24.3 Å². The highest BCUT2D eigenvalue weighted by Crippen LogP contribution is 2.32. The Bertz CT molecular complexity index is 1170. The fraction of sp³-hybridized carbons (Fsp3) is 0.516. The molecule has 262 valence electrons. The molecule has 2 aromatic rings. The Labute approximate surface area is 279 Å². The topological polar surface area (TPSA) is 108 Å². The van der Waals surface area contributed by atoms with Gasteiger partial charge < -0.3 is 20.5 Å². The van der Waals surface area contributed by atoms with E-state index < -0.39 is 23.5 Å². The maximum atomic E-state index is 12.5. The van der Waals surface area contributed by atoms with Crippen molar-refractivity contribution >= 4 is 45.2 Å². The number of aldehydes is 1. The first-order valence-electron chi connectivity index (χ1n) is 13.6. The predicted octanol–water partition coefficient (Wildman–Crippen LogP) is 6.80. The van der Waals surface area contributed by atoms with Crippen LogP contribution in [0.2, 0.25) is 0 Å². The van der Waals surface area contributed by atoms with Crippen LogP contribution in [0.1, 0.15) is 73.0 Å². The van der Waals surface area contributed by atoms with E-state index in [-0.39, 0.29) is 69.9 Å². The number of halogens is 6. The van der Waals surface area contributed by atoms with E-state index in [4.69, 9.17) is 10.5 Å². The molecule has 0 radical (unpaired) electrons. The molecule has 3 N–H and O–H groups in total. The summed E-state index contributed by atoms with van der Waals surface area (Å²) in [4.78, 5) is 32.6. The Balaban J connectivity index is 0. The van der Waals surface area contributed by atoms with Crippen molar-refractivity contribution in [3.05, 3.63) is 70.8 Å². The summed E-state index contributed by atoms with van der Waals surface area (Å²) in [5, 5.41) is 3.09. The van der Waals surface area contributed by atoms with E-state index in [0.717, 1.165) is 68.5 Å². The summed E-state index contributed by atoms with van der Waals surface area (Å²) in [5.41, 5.74) is 5.09. The first kappa shape index (κ1) is 45.4. The summed E-state index contributed by atoms with van der Waals surface area (Å²) in [7, 11) is 2.72. The molecule has 0 spiro atoms. The minimum absolute atomic E-state index is 0. The molecular weight excluding hydrogens is 658 g/mol. The zero-order valence-corrected chi connectivity index (χ0v) is 26.8. The van der Waals surface area contributed by atoms with Gasteiger partial charge in [0.05, 0.1) is 25.3 Å². The average Bonchev–Trinajstić information content (AvgIpc) is 2.92. The van der Waals surface area contributed by atoms with Crippen LogP contribution in [0.3, 0.4) is 0 Å². The maximum absolute atomic E-state index is 12.5. The second kappa shape index (κ2) is 21.2. The van der Waals surface area contributed by atoms with Crippen molar-refractivity contribution in [3.63, 3.8) is 0 Å². The second-order valence-corrected chi connectivity index (χ2v) is 10.2. The van der Waals surface area contributed by atoms with Gasteiger partial charge in [0.15, 0.2) is 0 Å². The highest BCUT2D eigenvalue weighted by atomic mass is 32.1. The molecule has 46 heavy (non-hydrogen) atoms. The van der Waals surface area contributed by atoms with Gasteiger partial charge in [-0.15, -0.1) is 0 Å². The normalized spacial score (nSPS) is 15.4. The number of esters is 2. The summed E-state index contributed by atoms with van der Waals surface area (Å²) in [6.45, 7) is 0.342. The Morgan fingerprint density at radius 3 is 1.54 bits per heavy atom. The third-order valence-corrected chi connectivity index (χ3v) is 7.39. The fourth-order valence-electron chi connectivity index (χ4n) is 4.26. The van der Waals surface area contributed by atoms with E-state index in [1.807, 2.05) is 0 Å². The molecule has 2 fully saturated rings. The first-order chi connectivity index (χ1) is 20.2. The number of hydrogen-bond donors (Lipinski definition) is 2. The molecule has 2 aliphatic rings. The average molecular weight is 703 g/mol. The number of nitrogens with one attached hydrogen (secondary N) is 1. The Kier molecular flexibility index (Phi) is 20.9. The summed E-state index contributed by atoms with van der Waals surface area (Å²) in [5.74, 6) is 0.0515. The summed E-state index contributed by atoms with van der Waals surface area (Å²) in [6.07, 6.45) is -1.75. The van der Waals surface area contributed by atoms with Crippen molar-refractivity contribution in [1.29, 1.82) is 0 Å². The summed E-state index contributed by atoms with van der Waals surface area (Å²) >= 11 is 0. The van der Waals surface area contributed by atoms with Gasteiger partial charge in [-0.1, -0.05) is 44.5 Å². The SMILES string of the molecule is C.COC(=O)[C@@H](N)C1CCC1.COC(=O)[C@@H](NCc1ccc(C(F)(F)F)cc1)C1CCC1.O=Cc1ccc(C(F)(F)F)cc1.S.S. The quantitative estimate of drug-likeness (QED) is 0.177. The highest BCUT2D eigenvalue weighted by molar-refractivity contribution is 7.59. The monoisotopic (exact) mass is 702 g/mol. The molecule has 2 aliphatic carbocycles. The van der Waals surface area contributed by atoms with Crippen molar-refractivity contribution < 1.29 is 50.2 Å². The van der Waals surface area contributed by atoms with Crippen molar-refractivity contribution in [2.75, 3.05) is 14.2 Å².